The summed E-state index contributed by atoms with van der Waals surface area (Å²) in [7, 11) is 0. The molecule has 0 aliphatic carbocycles. The van der Waals surface area contributed by atoms with E-state index in [0.29, 0.717) is 13.1 Å². The van der Waals surface area contributed by atoms with Gasteiger partial charge in [-0.25, -0.2) is 9.59 Å². The van der Waals surface area contributed by atoms with Crippen LogP contribution in [-0.4, -0.2) is 48.0 Å². The quantitative estimate of drug-likeness (QED) is 0.885. The summed E-state index contributed by atoms with van der Waals surface area (Å²) in [4.78, 5) is 27.1. The van der Waals surface area contributed by atoms with Gasteiger partial charge in [-0.3, -0.25) is 0 Å². The van der Waals surface area contributed by atoms with Crippen LogP contribution in [0.15, 0.2) is 24.3 Å². The van der Waals surface area contributed by atoms with Crippen LogP contribution in [0.4, 0.5) is 9.59 Å². The molecule has 0 spiro atoms. The first kappa shape index (κ1) is 14.7. The number of rotatable bonds is 4. The zero-order chi connectivity index (χ0) is 15.4. The fraction of sp³-hybridized carbons (Fsp3) is 0.500. The van der Waals surface area contributed by atoms with Crippen LogP contribution < -0.4 is 10.6 Å². The van der Waals surface area contributed by atoms with Gasteiger partial charge in [0.05, 0.1) is 0 Å². The maximum absolute atomic E-state index is 11.8. The minimum absolute atomic E-state index is 0.00254. The van der Waals surface area contributed by atoms with E-state index in [1.165, 1.54) is 0 Å². The summed E-state index contributed by atoms with van der Waals surface area (Å²) in [6.07, 6.45) is 2.19. The Morgan fingerprint density at radius 1 is 0.864 bits per heavy atom. The molecule has 118 valence electrons. The number of likely N-dealkylation sites (tertiary alicyclic amines) is 2. The van der Waals surface area contributed by atoms with Crippen LogP contribution in [-0.2, 0) is 13.1 Å². The maximum Gasteiger partial charge on any atom is 0.317 e. The highest BCUT2D eigenvalue weighted by Crippen LogP contribution is 2.09. The topological polar surface area (TPSA) is 64.7 Å². The van der Waals surface area contributed by atoms with Crippen LogP contribution in [0, 0.1) is 0 Å². The molecule has 2 N–H and O–H groups in total. The van der Waals surface area contributed by atoms with E-state index in [0.717, 1.165) is 50.1 Å². The Morgan fingerprint density at radius 3 is 1.68 bits per heavy atom. The lowest BCUT2D eigenvalue weighted by Gasteiger charge is -2.31. The summed E-state index contributed by atoms with van der Waals surface area (Å²) in [5.74, 6) is 0. The van der Waals surface area contributed by atoms with Crippen molar-refractivity contribution in [3.8, 4) is 0 Å². The SMILES string of the molecule is O=C(NCc1cccc(CNC(=O)N2CCC2)c1)N1CCC1. The van der Waals surface area contributed by atoms with E-state index in [-0.39, 0.29) is 12.1 Å². The molecule has 0 bridgehead atoms. The third-order valence-electron chi connectivity index (χ3n) is 4.17. The lowest BCUT2D eigenvalue weighted by atomic mass is 10.1. The monoisotopic (exact) mass is 302 g/mol. The average Bonchev–Trinajstić information content (AvgIpc) is 2.40. The highest BCUT2D eigenvalue weighted by molar-refractivity contribution is 5.75. The smallest absolute Gasteiger partial charge is 0.317 e. The van der Waals surface area contributed by atoms with Gasteiger partial charge in [-0.15, -0.1) is 0 Å². The first-order chi connectivity index (χ1) is 10.7. The number of hydrogen-bond acceptors (Lipinski definition) is 2. The van der Waals surface area contributed by atoms with Gasteiger partial charge in [-0.05, 0) is 24.0 Å². The molecule has 6 heteroatoms. The Kier molecular flexibility index (Phi) is 4.46. The number of urea groups is 2. The van der Waals surface area contributed by atoms with Crippen LogP contribution in [0.2, 0.25) is 0 Å². The summed E-state index contributed by atoms with van der Waals surface area (Å²) >= 11 is 0. The van der Waals surface area contributed by atoms with Crippen LogP contribution in [0.3, 0.4) is 0 Å². The minimum Gasteiger partial charge on any atom is -0.334 e. The molecule has 2 saturated heterocycles. The van der Waals surface area contributed by atoms with Crippen molar-refractivity contribution in [3.05, 3.63) is 35.4 Å². The number of carbonyl (C=O) groups excluding carboxylic acids is 2. The molecule has 22 heavy (non-hydrogen) atoms. The van der Waals surface area contributed by atoms with E-state index in [4.69, 9.17) is 0 Å². The van der Waals surface area contributed by atoms with Gasteiger partial charge >= 0.3 is 12.1 Å². The Balaban J connectivity index is 1.46. The highest BCUT2D eigenvalue weighted by atomic mass is 16.2. The predicted octanol–water partition coefficient (Wildman–Crippen LogP) is 1.52. The zero-order valence-electron chi connectivity index (χ0n) is 12.7. The molecule has 0 unspecified atom stereocenters. The first-order valence-electron chi connectivity index (χ1n) is 7.86. The number of nitrogens with zero attached hydrogens (tertiary/aromatic N) is 2. The van der Waals surface area contributed by atoms with E-state index in [2.05, 4.69) is 10.6 Å². The molecule has 2 aliphatic heterocycles. The van der Waals surface area contributed by atoms with Crippen molar-refractivity contribution in [2.45, 2.75) is 25.9 Å². The molecule has 0 radical (unpaired) electrons. The van der Waals surface area contributed by atoms with Crippen molar-refractivity contribution in [1.29, 1.82) is 0 Å². The van der Waals surface area contributed by atoms with Crippen molar-refractivity contribution < 1.29 is 9.59 Å². The second-order valence-corrected chi connectivity index (χ2v) is 5.82. The molecule has 3 rings (SSSR count). The van der Waals surface area contributed by atoms with Crippen molar-refractivity contribution in [2.24, 2.45) is 0 Å². The molecule has 2 aliphatic rings. The van der Waals surface area contributed by atoms with E-state index in [1.807, 2.05) is 24.3 Å². The van der Waals surface area contributed by atoms with Crippen LogP contribution in [0.25, 0.3) is 0 Å². The van der Waals surface area contributed by atoms with Gasteiger partial charge in [-0.2, -0.15) is 0 Å². The van der Waals surface area contributed by atoms with Crippen LogP contribution in [0.5, 0.6) is 0 Å². The maximum atomic E-state index is 11.8. The highest BCUT2D eigenvalue weighted by Gasteiger charge is 2.20. The van der Waals surface area contributed by atoms with E-state index >= 15 is 0 Å². The predicted molar refractivity (Wildman–Crippen MR) is 83.3 cm³/mol. The fourth-order valence-electron chi connectivity index (χ4n) is 2.47. The van der Waals surface area contributed by atoms with Gasteiger partial charge in [0.1, 0.15) is 0 Å². The third kappa shape index (κ3) is 3.50. The molecule has 2 heterocycles. The number of amides is 4. The van der Waals surface area contributed by atoms with Gasteiger partial charge < -0.3 is 20.4 Å². The summed E-state index contributed by atoms with van der Waals surface area (Å²) in [6, 6.07) is 7.95. The number of benzene rings is 1. The molecular formula is C16H22N4O2. The molecular weight excluding hydrogens is 280 g/mol. The second kappa shape index (κ2) is 6.68. The van der Waals surface area contributed by atoms with Crippen molar-refractivity contribution >= 4 is 12.1 Å². The van der Waals surface area contributed by atoms with Crippen LogP contribution in [0.1, 0.15) is 24.0 Å². The summed E-state index contributed by atoms with van der Waals surface area (Å²) < 4.78 is 0. The molecule has 0 atom stereocenters. The first-order valence-corrected chi connectivity index (χ1v) is 7.86. The molecule has 6 nitrogen and oxygen atoms in total. The van der Waals surface area contributed by atoms with E-state index < -0.39 is 0 Å². The Morgan fingerprint density at radius 2 is 1.32 bits per heavy atom. The summed E-state index contributed by atoms with van der Waals surface area (Å²) in [6.45, 7) is 4.46. The van der Waals surface area contributed by atoms with Crippen molar-refractivity contribution in [2.75, 3.05) is 26.2 Å². The van der Waals surface area contributed by atoms with Gasteiger partial charge in [0.25, 0.3) is 0 Å². The molecule has 2 fully saturated rings. The molecule has 0 saturated carbocycles. The Labute approximate surface area is 130 Å². The van der Waals surface area contributed by atoms with Crippen LogP contribution >= 0.6 is 0 Å². The van der Waals surface area contributed by atoms with Gasteiger partial charge in [0.15, 0.2) is 0 Å². The van der Waals surface area contributed by atoms with Crippen molar-refractivity contribution in [1.82, 2.24) is 20.4 Å². The van der Waals surface area contributed by atoms with Crippen molar-refractivity contribution in [3.63, 3.8) is 0 Å². The molecule has 1 aromatic carbocycles. The average molecular weight is 302 g/mol. The van der Waals surface area contributed by atoms with Gasteiger partial charge in [-0.1, -0.05) is 24.3 Å². The summed E-state index contributed by atoms with van der Waals surface area (Å²) in [5.41, 5.74) is 2.09. The Bertz CT molecular complexity index is 508. The van der Waals surface area contributed by atoms with E-state index in [9.17, 15) is 9.59 Å². The minimum atomic E-state index is 0.00254. The molecule has 1 aromatic rings. The fourth-order valence-corrected chi connectivity index (χ4v) is 2.47. The number of carbonyl (C=O) groups is 2. The second-order valence-electron chi connectivity index (χ2n) is 5.82. The standard InChI is InChI=1S/C16H22N4O2/c21-15(19-6-2-7-19)17-11-13-4-1-5-14(10-13)12-18-16(22)20-8-3-9-20/h1,4-5,10H,2-3,6-9,11-12H2,(H,17,21)(H,18,22). The zero-order valence-corrected chi connectivity index (χ0v) is 12.7. The number of hydrogen-bond donors (Lipinski definition) is 2. The number of nitrogens with one attached hydrogen (secondary N) is 2. The lowest BCUT2D eigenvalue weighted by molar-refractivity contribution is 0.167. The molecule has 4 amide bonds. The largest absolute Gasteiger partial charge is 0.334 e. The van der Waals surface area contributed by atoms with E-state index in [1.54, 1.807) is 9.80 Å². The van der Waals surface area contributed by atoms with Gasteiger partial charge in [0, 0.05) is 39.3 Å². The lowest BCUT2D eigenvalue weighted by Crippen LogP contribution is -2.47. The third-order valence-corrected chi connectivity index (χ3v) is 4.17. The normalized spacial score (nSPS) is 16.5. The Hall–Kier alpha value is -2.24. The summed E-state index contributed by atoms with van der Waals surface area (Å²) in [5, 5.41) is 5.84. The molecule has 0 aromatic heterocycles. The van der Waals surface area contributed by atoms with Gasteiger partial charge in [0.2, 0.25) is 0 Å².